The minimum absolute atomic E-state index is 0.298. The first-order chi connectivity index (χ1) is 12.8. The van der Waals surface area contributed by atoms with E-state index >= 15 is 0 Å². The SMILES string of the molecule is Clc1ccc(CN2CCN(Cc3ccccc3)C2c2ccccc2)cc1. The fourth-order valence-electron chi connectivity index (χ4n) is 3.75. The highest BCUT2D eigenvalue weighted by Crippen LogP contribution is 2.32. The zero-order valence-electron chi connectivity index (χ0n) is 14.8. The lowest BCUT2D eigenvalue weighted by molar-refractivity contribution is 0.126. The normalized spacial score (nSPS) is 18.3. The molecule has 1 unspecified atom stereocenters. The van der Waals surface area contributed by atoms with Gasteiger partial charge in [0.25, 0.3) is 0 Å². The molecule has 0 aromatic heterocycles. The molecule has 4 rings (SSSR count). The monoisotopic (exact) mass is 362 g/mol. The van der Waals surface area contributed by atoms with Crippen molar-refractivity contribution in [2.75, 3.05) is 13.1 Å². The summed E-state index contributed by atoms with van der Waals surface area (Å²) < 4.78 is 0. The first-order valence-electron chi connectivity index (χ1n) is 9.11. The summed E-state index contributed by atoms with van der Waals surface area (Å²) in [6, 6.07) is 29.8. The summed E-state index contributed by atoms with van der Waals surface area (Å²) in [5.41, 5.74) is 4.02. The van der Waals surface area contributed by atoms with Gasteiger partial charge in [-0.2, -0.15) is 0 Å². The van der Waals surface area contributed by atoms with E-state index in [2.05, 4.69) is 82.6 Å². The number of rotatable bonds is 5. The van der Waals surface area contributed by atoms with Crippen LogP contribution < -0.4 is 0 Å². The average Bonchev–Trinajstić information content (AvgIpc) is 3.07. The second-order valence-electron chi connectivity index (χ2n) is 6.84. The van der Waals surface area contributed by atoms with Crippen LogP contribution in [0.15, 0.2) is 84.9 Å². The Balaban J connectivity index is 1.58. The van der Waals surface area contributed by atoms with Gasteiger partial charge in [-0.1, -0.05) is 84.4 Å². The van der Waals surface area contributed by atoms with Crippen molar-refractivity contribution in [3.8, 4) is 0 Å². The molecular formula is C23H23ClN2. The number of benzene rings is 3. The van der Waals surface area contributed by atoms with Gasteiger partial charge in [-0.25, -0.2) is 0 Å². The van der Waals surface area contributed by atoms with E-state index in [1.54, 1.807) is 0 Å². The Bertz CT molecular complexity index is 818. The van der Waals surface area contributed by atoms with Gasteiger partial charge in [0, 0.05) is 31.2 Å². The third kappa shape index (κ3) is 3.99. The molecule has 26 heavy (non-hydrogen) atoms. The Labute approximate surface area is 160 Å². The number of nitrogens with zero attached hydrogens (tertiary/aromatic N) is 2. The lowest BCUT2D eigenvalue weighted by Crippen LogP contribution is -2.30. The van der Waals surface area contributed by atoms with Gasteiger partial charge >= 0.3 is 0 Å². The van der Waals surface area contributed by atoms with Crippen LogP contribution in [0.5, 0.6) is 0 Å². The maximum absolute atomic E-state index is 6.04. The molecule has 2 nitrogen and oxygen atoms in total. The Hall–Kier alpha value is -2.13. The lowest BCUT2D eigenvalue weighted by atomic mass is 10.1. The van der Waals surface area contributed by atoms with Crippen LogP contribution in [0.4, 0.5) is 0 Å². The van der Waals surface area contributed by atoms with Crippen molar-refractivity contribution in [3.05, 3.63) is 107 Å². The summed E-state index contributed by atoms with van der Waals surface area (Å²) in [6.07, 6.45) is 0.298. The predicted octanol–water partition coefficient (Wildman–Crippen LogP) is 5.36. The average molecular weight is 363 g/mol. The lowest BCUT2D eigenvalue weighted by Gasteiger charge is -2.31. The van der Waals surface area contributed by atoms with Crippen LogP contribution in [0, 0.1) is 0 Å². The van der Waals surface area contributed by atoms with Crippen LogP contribution >= 0.6 is 11.6 Å². The fourth-order valence-corrected chi connectivity index (χ4v) is 3.88. The van der Waals surface area contributed by atoms with Gasteiger partial charge in [-0.3, -0.25) is 9.80 Å². The van der Waals surface area contributed by atoms with Crippen molar-refractivity contribution in [2.45, 2.75) is 19.3 Å². The summed E-state index contributed by atoms with van der Waals surface area (Å²) in [5, 5.41) is 0.792. The van der Waals surface area contributed by atoms with Gasteiger partial charge in [0.2, 0.25) is 0 Å². The first-order valence-corrected chi connectivity index (χ1v) is 9.49. The molecule has 3 aromatic carbocycles. The highest BCUT2D eigenvalue weighted by Gasteiger charge is 2.32. The summed E-state index contributed by atoms with van der Waals surface area (Å²) >= 11 is 6.04. The smallest absolute Gasteiger partial charge is 0.0892 e. The van der Waals surface area contributed by atoms with E-state index < -0.39 is 0 Å². The molecule has 1 atom stereocenters. The molecule has 1 fully saturated rings. The number of halogens is 1. The molecule has 0 radical (unpaired) electrons. The third-order valence-corrected chi connectivity index (χ3v) is 5.24. The van der Waals surface area contributed by atoms with Crippen LogP contribution in [0.25, 0.3) is 0 Å². The van der Waals surface area contributed by atoms with Crippen molar-refractivity contribution >= 4 is 11.6 Å². The van der Waals surface area contributed by atoms with Crippen molar-refractivity contribution in [2.24, 2.45) is 0 Å². The van der Waals surface area contributed by atoms with Crippen molar-refractivity contribution < 1.29 is 0 Å². The van der Waals surface area contributed by atoms with Crippen LogP contribution in [0.3, 0.4) is 0 Å². The Morgan fingerprint density at radius 1 is 0.654 bits per heavy atom. The van der Waals surface area contributed by atoms with E-state index in [1.807, 2.05) is 12.1 Å². The van der Waals surface area contributed by atoms with Gasteiger partial charge in [0.05, 0.1) is 6.17 Å². The molecule has 132 valence electrons. The van der Waals surface area contributed by atoms with E-state index in [0.717, 1.165) is 31.2 Å². The molecular weight excluding hydrogens is 340 g/mol. The molecule has 3 aromatic rings. The molecule has 0 aliphatic carbocycles. The highest BCUT2D eigenvalue weighted by atomic mass is 35.5. The van der Waals surface area contributed by atoms with Gasteiger partial charge in [0.15, 0.2) is 0 Å². The Kier molecular flexibility index (Phi) is 5.35. The van der Waals surface area contributed by atoms with Gasteiger partial charge in [-0.15, -0.1) is 0 Å². The molecule has 0 amide bonds. The number of hydrogen-bond donors (Lipinski definition) is 0. The zero-order chi connectivity index (χ0) is 17.8. The minimum atomic E-state index is 0.298. The molecule has 3 heteroatoms. The molecule has 0 bridgehead atoms. The Morgan fingerprint density at radius 2 is 1.15 bits per heavy atom. The molecule has 0 saturated carbocycles. The molecule has 1 aliphatic heterocycles. The van der Waals surface area contributed by atoms with Crippen molar-refractivity contribution in [3.63, 3.8) is 0 Å². The van der Waals surface area contributed by atoms with E-state index in [4.69, 9.17) is 11.6 Å². The van der Waals surface area contributed by atoms with Gasteiger partial charge in [0.1, 0.15) is 0 Å². The fraction of sp³-hybridized carbons (Fsp3) is 0.217. The quantitative estimate of drug-likeness (QED) is 0.603. The Morgan fingerprint density at radius 3 is 1.73 bits per heavy atom. The summed E-state index contributed by atoms with van der Waals surface area (Å²) in [4.78, 5) is 5.13. The molecule has 1 saturated heterocycles. The van der Waals surface area contributed by atoms with Gasteiger partial charge < -0.3 is 0 Å². The van der Waals surface area contributed by atoms with Gasteiger partial charge in [-0.05, 0) is 28.8 Å². The van der Waals surface area contributed by atoms with E-state index in [-0.39, 0.29) is 0 Å². The van der Waals surface area contributed by atoms with Crippen LogP contribution in [-0.4, -0.2) is 22.9 Å². The molecule has 0 N–H and O–H groups in total. The highest BCUT2D eigenvalue weighted by molar-refractivity contribution is 6.30. The third-order valence-electron chi connectivity index (χ3n) is 4.99. The van der Waals surface area contributed by atoms with E-state index in [0.29, 0.717) is 6.17 Å². The van der Waals surface area contributed by atoms with Crippen LogP contribution in [0.1, 0.15) is 22.9 Å². The summed E-state index contributed by atoms with van der Waals surface area (Å²) in [7, 11) is 0. The number of hydrogen-bond acceptors (Lipinski definition) is 2. The van der Waals surface area contributed by atoms with Crippen LogP contribution in [0.2, 0.25) is 5.02 Å². The molecule has 1 heterocycles. The predicted molar refractivity (Wildman–Crippen MR) is 108 cm³/mol. The minimum Gasteiger partial charge on any atom is -0.279 e. The standard InChI is InChI=1S/C23H23ClN2/c24-22-13-11-20(12-14-22)18-26-16-15-25(17-19-7-3-1-4-8-19)23(26)21-9-5-2-6-10-21/h1-14,23H,15-18H2. The summed E-state index contributed by atoms with van der Waals surface area (Å²) in [6.45, 7) is 4.04. The second kappa shape index (κ2) is 8.05. The summed E-state index contributed by atoms with van der Waals surface area (Å²) in [5.74, 6) is 0. The molecule has 1 aliphatic rings. The van der Waals surface area contributed by atoms with E-state index in [1.165, 1.54) is 16.7 Å². The topological polar surface area (TPSA) is 6.48 Å². The second-order valence-corrected chi connectivity index (χ2v) is 7.27. The largest absolute Gasteiger partial charge is 0.279 e. The zero-order valence-corrected chi connectivity index (χ0v) is 15.5. The van der Waals surface area contributed by atoms with Crippen molar-refractivity contribution in [1.29, 1.82) is 0 Å². The molecule has 0 spiro atoms. The van der Waals surface area contributed by atoms with E-state index in [9.17, 15) is 0 Å². The van der Waals surface area contributed by atoms with Crippen molar-refractivity contribution in [1.82, 2.24) is 9.80 Å². The first kappa shape index (κ1) is 17.3. The maximum Gasteiger partial charge on any atom is 0.0892 e. The van der Waals surface area contributed by atoms with Crippen LogP contribution in [-0.2, 0) is 13.1 Å². The maximum atomic E-state index is 6.04.